The quantitative estimate of drug-likeness (QED) is 0.768. The minimum atomic E-state index is -0.367. The number of nitrogens with zero attached hydrogens (tertiary/aromatic N) is 2. The van der Waals surface area contributed by atoms with Gasteiger partial charge in [-0.1, -0.05) is 0 Å². The van der Waals surface area contributed by atoms with Crippen LogP contribution < -0.4 is 5.32 Å². The maximum atomic E-state index is 11.3. The van der Waals surface area contributed by atoms with Crippen LogP contribution in [0.5, 0.6) is 0 Å². The molecule has 0 aromatic carbocycles. The van der Waals surface area contributed by atoms with Gasteiger partial charge in [-0.3, -0.25) is 4.79 Å². The lowest BCUT2D eigenvalue weighted by atomic mass is 10.2. The Morgan fingerprint density at radius 3 is 3.12 bits per heavy atom. The molecule has 1 N–H and O–H groups in total. The summed E-state index contributed by atoms with van der Waals surface area (Å²) in [6, 6.07) is 5.08. The minimum absolute atomic E-state index is 0.276. The molecule has 5 heteroatoms. The molecule has 0 radical (unpaired) electrons. The highest BCUT2D eigenvalue weighted by Gasteiger charge is 2.12. The fourth-order valence-corrected chi connectivity index (χ4v) is 1.27. The van der Waals surface area contributed by atoms with E-state index in [-0.39, 0.29) is 12.0 Å². The molecule has 0 fully saturated rings. The Balaban J connectivity index is 2.50. The lowest BCUT2D eigenvalue weighted by Gasteiger charge is -2.12. The number of nitrogens with one attached hydrogen (secondary N) is 1. The second-order valence-corrected chi connectivity index (χ2v) is 3.52. The Morgan fingerprint density at radius 2 is 2.47 bits per heavy atom. The standard InChI is InChI=1S/C12H15N3O2/c1-3-17-12(16)9(2)15-8-10-4-5-14-11(6-10)7-13/h4-6,9,15H,3,8H2,1-2H3. The fourth-order valence-electron chi connectivity index (χ4n) is 1.27. The topological polar surface area (TPSA) is 75.0 Å². The van der Waals surface area contributed by atoms with E-state index in [2.05, 4.69) is 10.3 Å². The molecule has 0 aliphatic carbocycles. The first kappa shape index (κ1) is 13.1. The number of ether oxygens (including phenoxy) is 1. The van der Waals surface area contributed by atoms with Gasteiger partial charge < -0.3 is 10.1 Å². The van der Waals surface area contributed by atoms with Crippen LogP contribution in [0, 0.1) is 11.3 Å². The molecule has 0 saturated carbocycles. The Bertz CT molecular complexity index is 426. The van der Waals surface area contributed by atoms with E-state index < -0.39 is 0 Å². The third kappa shape index (κ3) is 4.21. The summed E-state index contributed by atoms with van der Waals surface area (Å²) < 4.78 is 4.87. The lowest BCUT2D eigenvalue weighted by molar-refractivity contribution is -0.145. The molecule has 1 atom stereocenters. The average Bonchev–Trinajstić information content (AvgIpc) is 2.36. The number of hydrogen-bond acceptors (Lipinski definition) is 5. The van der Waals surface area contributed by atoms with Gasteiger partial charge >= 0.3 is 5.97 Å². The van der Waals surface area contributed by atoms with E-state index in [9.17, 15) is 4.79 Å². The number of aromatic nitrogens is 1. The molecule has 0 aliphatic heterocycles. The van der Waals surface area contributed by atoms with Gasteiger partial charge in [0.15, 0.2) is 0 Å². The van der Waals surface area contributed by atoms with Crippen LogP contribution in [-0.4, -0.2) is 23.6 Å². The largest absolute Gasteiger partial charge is 0.465 e. The van der Waals surface area contributed by atoms with E-state index in [1.807, 2.05) is 6.07 Å². The molecule has 1 aromatic heterocycles. The van der Waals surface area contributed by atoms with Crippen molar-refractivity contribution < 1.29 is 9.53 Å². The number of pyridine rings is 1. The SMILES string of the molecule is CCOC(=O)C(C)NCc1ccnc(C#N)c1. The summed E-state index contributed by atoms with van der Waals surface area (Å²) in [7, 11) is 0. The second kappa shape index (κ2) is 6.61. The van der Waals surface area contributed by atoms with Gasteiger partial charge in [-0.25, -0.2) is 4.98 Å². The zero-order valence-electron chi connectivity index (χ0n) is 9.93. The predicted molar refractivity (Wildman–Crippen MR) is 61.9 cm³/mol. The zero-order valence-corrected chi connectivity index (χ0v) is 9.93. The van der Waals surface area contributed by atoms with Crippen molar-refractivity contribution >= 4 is 5.97 Å². The molecule has 0 spiro atoms. The van der Waals surface area contributed by atoms with E-state index in [4.69, 9.17) is 10.00 Å². The van der Waals surface area contributed by atoms with Crippen LogP contribution in [0.2, 0.25) is 0 Å². The van der Waals surface area contributed by atoms with Crippen LogP contribution in [0.4, 0.5) is 0 Å². The second-order valence-electron chi connectivity index (χ2n) is 3.52. The van der Waals surface area contributed by atoms with Gasteiger partial charge in [0.25, 0.3) is 0 Å². The van der Waals surface area contributed by atoms with Gasteiger partial charge in [0.2, 0.25) is 0 Å². The Morgan fingerprint density at radius 1 is 1.71 bits per heavy atom. The van der Waals surface area contributed by atoms with Gasteiger partial charge in [0, 0.05) is 12.7 Å². The molecular weight excluding hydrogens is 218 g/mol. The smallest absolute Gasteiger partial charge is 0.322 e. The first-order valence-electron chi connectivity index (χ1n) is 5.42. The molecule has 0 saturated heterocycles. The number of rotatable bonds is 5. The first-order chi connectivity index (χ1) is 8.17. The molecule has 90 valence electrons. The summed E-state index contributed by atoms with van der Waals surface area (Å²) in [4.78, 5) is 15.2. The van der Waals surface area contributed by atoms with E-state index in [0.29, 0.717) is 18.8 Å². The van der Waals surface area contributed by atoms with E-state index in [0.717, 1.165) is 5.56 Å². The lowest BCUT2D eigenvalue weighted by Crippen LogP contribution is -2.34. The Labute approximate surface area is 100 Å². The number of nitriles is 1. The van der Waals surface area contributed by atoms with E-state index in [1.165, 1.54) is 0 Å². The summed E-state index contributed by atoms with van der Waals surface area (Å²) in [6.07, 6.45) is 1.57. The maximum absolute atomic E-state index is 11.3. The third-order valence-electron chi connectivity index (χ3n) is 2.19. The monoisotopic (exact) mass is 233 g/mol. The molecule has 1 aromatic rings. The van der Waals surface area contributed by atoms with Crippen molar-refractivity contribution in [2.45, 2.75) is 26.4 Å². The maximum Gasteiger partial charge on any atom is 0.322 e. The van der Waals surface area contributed by atoms with Crippen LogP contribution in [0.3, 0.4) is 0 Å². The van der Waals surface area contributed by atoms with E-state index in [1.54, 1.807) is 32.2 Å². The highest BCUT2D eigenvalue weighted by atomic mass is 16.5. The summed E-state index contributed by atoms with van der Waals surface area (Å²) >= 11 is 0. The van der Waals surface area contributed by atoms with Gasteiger partial charge in [-0.15, -0.1) is 0 Å². The van der Waals surface area contributed by atoms with E-state index >= 15 is 0 Å². The number of carbonyl (C=O) groups excluding carboxylic acids is 1. The molecule has 1 unspecified atom stereocenters. The minimum Gasteiger partial charge on any atom is -0.465 e. The summed E-state index contributed by atoms with van der Waals surface area (Å²) in [6.45, 7) is 4.38. The highest BCUT2D eigenvalue weighted by Crippen LogP contribution is 2.01. The van der Waals surface area contributed by atoms with Gasteiger partial charge in [-0.05, 0) is 31.5 Å². The molecule has 1 heterocycles. The van der Waals surface area contributed by atoms with Crippen LogP contribution in [0.15, 0.2) is 18.3 Å². The predicted octanol–water partition coefficient (Wildman–Crippen LogP) is 0.994. The first-order valence-corrected chi connectivity index (χ1v) is 5.42. The summed E-state index contributed by atoms with van der Waals surface area (Å²) in [5.74, 6) is -0.276. The highest BCUT2D eigenvalue weighted by molar-refractivity contribution is 5.75. The Kier molecular flexibility index (Phi) is 5.11. The third-order valence-corrected chi connectivity index (χ3v) is 2.19. The molecule has 5 nitrogen and oxygen atoms in total. The van der Waals surface area contributed by atoms with Crippen molar-refractivity contribution in [1.29, 1.82) is 5.26 Å². The fraction of sp³-hybridized carbons (Fsp3) is 0.417. The van der Waals surface area contributed by atoms with Crippen molar-refractivity contribution in [3.8, 4) is 6.07 Å². The molecule has 0 bridgehead atoms. The van der Waals surface area contributed by atoms with Crippen molar-refractivity contribution in [2.24, 2.45) is 0 Å². The van der Waals surface area contributed by atoms with Gasteiger partial charge in [0.05, 0.1) is 6.61 Å². The van der Waals surface area contributed by atoms with Crippen molar-refractivity contribution in [1.82, 2.24) is 10.3 Å². The molecule has 0 aliphatic rings. The van der Waals surface area contributed by atoms with Crippen molar-refractivity contribution in [2.75, 3.05) is 6.61 Å². The van der Waals surface area contributed by atoms with Crippen LogP contribution >= 0.6 is 0 Å². The Hall–Kier alpha value is -1.93. The van der Waals surface area contributed by atoms with Gasteiger partial charge in [0.1, 0.15) is 17.8 Å². The van der Waals surface area contributed by atoms with Crippen LogP contribution in [0.1, 0.15) is 25.1 Å². The van der Waals surface area contributed by atoms with Crippen molar-refractivity contribution in [3.05, 3.63) is 29.6 Å². The summed E-state index contributed by atoms with van der Waals surface area (Å²) in [5.41, 5.74) is 1.28. The molecule has 17 heavy (non-hydrogen) atoms. The van der Waals surface area contributed by atoms with Crippen LogP contribution in [0.25, 0.3) is 0 Å². The molecule has 0 amide bonds. The average molecular weight is 233 g/mol. The number of esters is 1. The molecule has 1 rings (SSSR count). The normalized spacial score (nSPS) is 11.6. The molecular formula is C12H15N3O2. The number of hydrogen-bond donors (Lipinski definition) is 1. The van der Waals surface area contributed by atoms with Crippen molar-refractivity contribution in [3.63, 3.8) is 0 Å². The number of carbonyl (C=O) groups is 1. The zero-order chi connectivity index (χ0) is 12.7. The van der Waals surface area contributed by atoms with Gasteiger partial charge in [-0.2, -0.15) is 5.26 Å². The van der Waals surface area contributed by atoms with Crippen LogP contribution in [-0.2, 0) is 16.1 Å². The summed E-state index contributed by atoms with van der Waals surface area (Å²) in [5, 5.41) is 11.7.